The Hall–Kier alpha value is -1.24. The van der Waals surface area contributed by atoms with Crippen molar-refractivity contribution in [3.63, 3.8) is 0 Å². The van der Waals surface area contributed by atoms with E-state index in [1.165, 1.54) is 17.4 Å². The van der Waals surface area contributed by atoms with Gasteiger partial charge < -0.3 is 5.32 Å². The second-order valence-electron chi connectivity index (χ2n) is 4.19. The lowest BCUT2D eigenvalue weighted by atomic mass is 10.2. The normalized spacial score (nSPS) is 11.0. The van der Waals surface area contributed by atoms with Gasteiger partial charge >= 0.3 is 0 Å². The van der Waals surface area contributed by atoms with Gasteiger partial charge in [-0.15, -0.1) is 11.3 Å². The van der Waals surface area contributed by atoms with Gasteiger partial charge in [0.25, 0.3) is 0 Å². The molecule has 2 aromatic heterocycles. The molecule has 2 heterocycles. The van der Waals surface area contributed by atoms with Crippen LogP contribution in [0.1, 0.15) is 5.56 Å². The molecule has 0 bridgehead atoms. The van der Waals surface area contributed by atoms with E-state index in [4.69, 9.17) is 11.6 Å². The number of nitrogens with one attached hydrogen (secondary N) is 1. The van der Waals surface area contributed by atoms with Crippen LogP contribution >= 0.6 is 38.9 Å². The molecule has 0 amide bonds. The summed E-state index contributed by atoms with van der Waals surface area (Å²) in [6.07, 6.45) is 0. The minimum absolute atomic E-state index is 0.165. The van der Waals surface area contributed by atoms with Crippen LogP contribution in [0.2, 0.25) is 5.28 Å². The lowest BCUT2D eigenvalue weighted by molar-refractivity contribution is 0.621. The zero-order valence-electron chi connectivity index (χ0n) is 10.2. The predicted molar refractivity (Wildman–Crippen MR) is 84.5 cm³/mol. The molecule has 20 heavy (non-hydrogen) atoms. The summed E-state index contributed by atoms with van der Waals surface area (Å²) in [6.45, 7) is 1.89. The Labute approximate surface area is 132 Å². The number of rotatable bonds is 2. The van der Waals surface area contributed by atoms with Crippen molar-refractivity contribution in [3.8, 4) is 0 Å². The molecule has 0 spiro atoms. The highest BCUT2D eigenvalue weighted by atomic mass is 79.9. The zero-order valence-corrected chi connectivity index (χ0v) is 13.4. The summed E-state index contributed by atoms with van der Waals surface area (Å²) in [5.74, 6) is 0.242. The monoisotopic (exact) mass is 371 g/mol. The van der Waals surface area contributed by atoms with E-state index < -0.39 is 0 Å². The Morgan fingerprint density at radius 3 is 2.95 bits per heavy atom. The number of aryl methyl sites for hydroxylation is 1. The molecule has 102 valence electrons. The number of halogens is 3. The predicted octanol–water partition coefficient (Wildman–Crippen LogP) is 5.30. The molecular formula is C13H8BrClFN3S. The van der Waals surface area contributed by atoms with E-state index in [2.05, 4.69) is 31.2 Å². The molecule has 0 unspecified atom stereocenters. The zero-order chi connectivity index (χ0) is 14.3. The number of benzene rings is 1. The first kappa shape index (κ1) is 13.7. The van der Waals surface area contributed by atoms with Crippen LogP contribution in [0.15, 0.2) is 28.1 Å². The Bertz CT molecular complexity index is 806. The van der Waals surface area contributed by atoms with Crippen molar-refractivity contribution in [2.75, 3.05) is 5.32 Å². The number of anilines is 2. The molecule has 0 aliphatic carbocycles. The van der Waals surface area contributed by atoms with E-state index in [9.17, 15) is 4.39 Å². The third-order valence-corrected chi connectivity index (χ3v) is 4.40. The Morgan fingerprint density at radius 2 is 2.15 bits per heavy atom. The fourth-order valence-corrected chi connectivity index (χ4v) is 3.27. The van der Waals surface area contributed by atoms with Gasteiger partial charge in [-0.1, -0.05) is 0 Å². The Kier molecular flexibility index (Phi) is 3.62. The van der Waals surface area contributed by atoms with E-state index in [1.54, 1.807) is 6.07 Å². The third kappa shape index (κ3) is 2.51. The summed E-state index contributed by atoms with van der Waals surface area (Å²) < 4.78 is 14.1. The van der Waals surface area contributed by atoms with Gasteiger partial charge in [0.15, 0.2) is 0 Å². The van der Waals surface area contributed by atoms with Crippen molar-refractivity contribution in [2.45, 2.75) is 6.92 Å². The topological polar surface area (TPSA) is 37.8 Å². The minimum atomic E-state index is -0.334. The number of hydrogen-bond donors (Lipinski definition) is 1. The highest BCUT2D eigenvalue weighted by molar-refractivity contribution is 9.10. The molecule has 0 aliphatic heterocycles. The maximum absolute atomic E-state index is 13.7. The van der Waals surface area contributed by atoms with Gasteiger partial charge in [-0.2, -0.15) is 4.98 Å². The number of aromatic nitrogens is 2. The Balaban J connectivity index is 2.09. The number of thiophene rings is 1. The molecule has 1 aromatic carbocycles. The van der Waals surface area contributed by atoms with Crippen LogP contribution in [-0.4, -0.2) is 9.97 Å². The minimum Gasteiger partial charge on any atom is -0.339 e. The van der Waals surface area contributed by atoms with Gasteiger partial charge in [0, 0.05) is 5.69 Å². The van der Waals surface area contributed by atoms with Crippen LogP contribution in [0.3, 0.4) is 0 Å². The summed E-state index contributed by atoms with van der Waals surface area (Å²) in [4.78, 5) is 9.12. The van der Waals surface area contributed by atoms with Crippen LogP contribution in [0.5, 0.6) is 0 Å². The van der Waals surface area contributed by atoms with Gasteiger partial charge in [0.1, 0.15) is 16.5 Å². The van der Waals surface area contributed by atoms with Crippen LogP contribution in [0, 0.1) is 12.7 Å². The van der Waals surface area contributed by atoms with Gasteiger partial charge in [0.05, 0.1) is 9.86 Å². The van der Waals surface area contributed by atoms with Crippen molar-refractivity contribution in [3.05, 3.63) is 44.7 Å². The van der Waals surface area contributed by atoms with Gasteiger partial charge in [-0.25, -0.2) is 9.37 Å². The van der Waals surface area contributed by atoms with Gasteiger partial charge in [-0.05, 0) is 63.6 Å². The molecule has 0 atom stereocenters. The van der Waals surface area contributed by atoms with Crippen molar-refractivity contribution >= 4 is 60.6 Å². The lowest BCUT2D eigenvalue weighted by Gasteiger charge is -2.11. The van der Waals surface area contributed by atoms with E-state index in [0.717, 1.165) is 15.8 Å². The van der Waals surface area contributed by atoms with Crippen molar-refractivity contribution in [1.82, 2.24) is 9.97 Å². The first-order chi connectivity index (χ1) is 9.54. The summed E-state index contributed by atoms with van der Waals surface area (Å²) in [7, 11) is 0. The molecular weight excluding hydrogens is 365 g/mol. The van der Waals surface area contributed by atoms with Gasteiger partial charge in [-0.3, -0.25) is 0 Å². The summed E-state index contributed by atoms with van der Waals surface area (Å²) in [5.41, 5.74) is 1.55. The SMILES string of the molecule is Cc1cc(Br)c(F)cc1Nc1nc(Cl)nc2sccc12. The van der Waals surface area contributed by atoms with E-state index >= 15 is 0 Å². The van der Waals surface area contributed by atoms with E-state index in [-0.39, 0.29) is 11.1 Å². The van der Waals surface area contributed by atoms with Crippen molar-refractivity contribution in [1.29, 1.82) is 0 Å². The number of fused-ring (bicyclic) bond motifs is 1. The maximum Gasteiger partial charge on any atom is 0.225 e. The molecule has 0 saturated carbocycles. The molecule has 3 nitrogen and oxygen atoms in total. The summed E-state index contributed by atoms with van der Waals surface area (Å²) >= 11 is 10.5. The second kappa shape index (κ2) is 5.27. The quantitative estimate of drug-likeness (QED) is 0.620. The average molecular weight is 373 g/mol. The van der Waals surface area contributed by atoms with Crippen LogP contribution < -0.4 is 5.32 Å². The maximum atomic E-state index is 13.7. The van der Waals surface area contributed by atoms with E-state index in [1.807, 2.05) is 18.4 Å². The molecule has 1 N–H and O–H groups in total. The largest absolute Gasteiger partial charge is 0.339 e. The number of hydrogen-bond acceptors (Lipinski definition) is 4. The summed E-state index contributed by atoms with van der Waals surface area (Å²) in [6, 6.07) is 5.04. The van der Waals surface area contributed by atoms with Crippen LogP contribution in [-0.2, 0) is 0 Å². The molecule has 7 heteroatoms. The molecule has 0 aliphatic rings. The highest BCUT2D eigenvalue weighted by Gasteiger charge is 2.11. The van der Waals surface area contributed by atoms with E-state index in [0.29, 0.717) is 16.0 Å². The molecule has 0 radical (unpaired) electrons. The van der Waals surface area contributed by atoms with Crippen LogP contribution in [0.25, 0.3) is 10.2 Å². The lowest BCUT2D eigenvalue weighted by Crippen LogP contribution is -1.98. The molecule has 0 saturated heterocycles. The highest BCUT2D eigenvalue weighted by Crippen LogP contribution is 2.31. The molecule has 3 aromatic rings. The average Bonchev–Trinajstić information content (AvgIpc) is 2.84. The van der Waals surface area contributed by atoms with Gasteiger partial charge in [0.2, 0.25) is 5.28 Å². The first-order valence-corrected chi connectivity index (χ1v) is 7.73. The molecule has 3 rings (SSSR count). The smallest absolute Gasteiger partial charge is 0.225 e. The number of nitrogens with zero attached hydrogens (tertiary/aromatic N) is 2. The second-order valence-corrected chi connectivity index (χ2v) is 6.27. The first-order valence-electron chi connectivity index (χ1n) is 5.68. The Morgan fingerprint density at radius 1 is 1.35 bits per heavy atom. The standard InChI is InChI=1S/C13H8BrClFN3S/c1-6-4-8(14)9(16)5-10(6)17-11-7-2-3-20-12(7)19-13(15)18-11/h2-5H,1H3,(H,17,18,19). The van der Waals surface area contributed by atoms with Crippen molar-refractivity contribution in [2.24, 2.45) is 0 Å². The summed E-state index contributed by atoms with van der Waals surface area (Å²) in [5, 5.41) is 6.06. The molecule has 0 fully saturated rings. The van der Waals surface area contributed by atoms with Crippen molar-refractivity contribution < 1.29 is 4.39 Å². The fraction of sp³-hybridized carbons (Fsp3) is 0.0769. The van der Waals surface area contributed by atoms with Crippen LogP contribution in [0.4, 0.5) is 15.9 Å². The fourth-order valence-electron chi connectivity index (χ4n) is 1.83. The third-order valence-electron chi connectivity index (χ3n) is 2.82.